The second-order valence-electron chi connectivity index (χ2n) is 3.74. The second kappa shape index (κ2) is 4.94. The van der Waals surface area contributed by atoms with Crippen LogP contribution in [0.2, 0.25) is 0 Å². The van der Waals surface area contributed by atoms with Crippen LogP contribution >= 0.6 is 0 Å². The predicted octanol–water partition coefficient (Wildman–Crippen LogP) is 0.578. The van der Waals surface area contributed by atoms with Crippen molar-refractivity contribution in [1.29, 1.82) is 0 Å². The van der Waals surface area contributed by atoms with Gasteiger partial charge in [0.25, 0.3) is 0 Å². The van der Waals surface area contributed by atoms with E-state index in [0.29, 0.717) is 5.82 Å². The summed E-state index contributed by atoms with van der Waals surface area (Å²) in [6, 6.07) is 3.23. The molecule has 0 amide bonds. The molecule has 2 aromatic rings. The SMILES string of the molecule is Cc1noc(CNS(=O)(=O)c2ccc(N)c(F)c2)n1. The van der Waals surface area contributed by atoms with E-state index < -0.39 is 15.8 Å². The number of aromatic nitrogens is 2. The Labute approximate surface area is 108 Å². The van der Waals surface area contributed by atoms with E-state index in [1.54, 1.807) is 6.92 Å². The van der Waals surface area contributed by atoms with Gasteiger partial charge in [0.15, 0.2) is 5.82 Å². The number of aryl methyl sites for hydroxylation is 1. The van der Waals surface area contributed by atoms with Gasteiger partial charge in [0.1, 0.15) is 5.82 Å². The molecule has 0 aliphatic heterocycles. The lowest BCUT2D eigenvalue weighted by atomic mass is 10.3. The number of nitrogens with zero attached hydrogens (tertiary/aromatic N) is 2. The van der Waals surface area contributed by atoms with Gasteiger partial charge >= 0.3 is 0 Å². The second-order valence-corrected chi connectivity index (χ2v) is 5.51. The molecule has 0 unspecified atom stereocenters. The van der Waals surface area contributed by atoms with Crippen LogP contribution < -0.4 is 10.5 Å². The van der Waals surface area contributed by atoms with Gasteiger partial charge in [-0.2, -0.15) is 4.98 Å². The minimum atomic E-state index is -3.86. The molecule has 102 valence electrons. The number of benzene rings is 1. The molecule has 0 aliphatic rings. The number of hydrogen-bond donors (Lipinski definition) is 2. The molecule has 1 heterocycles. The molecule has 7 nitrogen and oxygen atoms in total. The van der Waals surface area contributed by atoms with Gasteiger partial charge in [-0.3, -0.25) is 0 Å². The van der Waals surface area contributed by atoms with E-state index in [9.17, 15) is 12.8 Å². The third-order valence-corrected chi connectivity index (χ3v) is 3.66. The Morgan fingerprint density at radius 2 is 2.21 bits per heavy atom. The maximum atomic E-state index is 13.2. The van der Waals surface area contributed by atoms with Crippen LogP contribution in [0.5, 0.6) is 0 Å². The first-order valence-electron chi connectivity index (χ1n) is 5.22. The third kappa shape index (κ3) is 3.06. The van der Waals surface area contributed by atoms with E-state index >= 15 is 0 Å². The fourth-order valence-electron chi connectivity index (χ4n) is 1.33. The Morgan fingerprint density at radius 1 is 1.47 bits per heavy atom. The summed E-state index contributed by atoms with van der Waals surface area (Å²) in [7, 11) is -3.86. The van der Waals surface area contributed by atoms with Crippen molar-refractivity contribution in [2.24, 2.45) is 0 Å². The predicted molar refractivity (Wildman–Crippen MR) is 63.9 cm³/mol. The summed E-state index contributed by atoms with van der Waals surface area (Å²) in [6.07, 6.45) is 0. The Balaban J connectivity index is 2.16. The van der Waals surface area contributed by atoms with Crippen molar-refractivity contribution in [3.05, 3.63) is 35.7 Å². The number of rotatable bonds is 4. The number of nitrogens with one attached hydrogen (secondary N) is 1. The minimum absolute atomic E-state index is 0.119. The van der Waals surface area contributed by atoms with Crippen LogP contribution in [0.4, 0.5) is 10.1 Å². The molecule has 0 saturated heterocycles. The summed E-state index contributed by atoms with van der Waals surface area (Å²) in [4.78, 5) is 3.61. The van der Waals surface area contributed by atoms with Crippen LogP contribution in [0.15, 0.2) is 27.6 Å². The van der Waals surface area contributed by atoms with Gasteiger partial charge in [-0.1, -0.05) is 5.16 Å². The van der Waals surface area contributed by atoms with E-state index in [-0.39, 0.29) is 23.0 Å². The maximum Gasteiger partial charge on any atom is 0.241 e. The molecule has 0 atom stereocenters. The van der Waals surface area contributed by atoms with Gasteiger partial charge in [-0.15, -0.1) is 0 Å². The fraction of sp³-hybridized carbons (Fsp3) is 0.200. The molecule has 0 spiro atoms. The van der Waals surface area contributed by atoms with Gasteiger partial charge in [0, 0.05) is 0 Å². The first-order valence-corrected chi connectivity index (χ1v) is 6.71. The lowest BCUT2D eigenvalue weighted by Crippen LogP contribution is -2.23. The molecule has 0 saturated carbocycles. The highest BCUT2D eigenvalue weighted by Crippen LogP contribution is 2.16. The lowest BCUT2D eigenvalue weighted by molar-refractivity contribution is 0.372. The molecule has 9 heteroatoms. The van der Waals surface area contributed by atoms with Crippen molar-refractivity contribution in [2.75, 3.05) is 5.73 Å². The molecule has 1 aromatic heterocycles. The zero-order valence-electron chi connectivity index (χ0n) is 9.92. The van der Waals surface area contributed by atoms with Crippen LogP contribution in [-0.2, 0) is 16.6 Å². The molecule has 0 fully saturated rings. The molecule has 0 bridgehead atoms. The summed E-state index contributed by atoms with van der Waals surface area (Å²) in [5.74, 6) is -0.277. The van der Waals surface area contributed by atoms with Gasteiger partial charge in [0.05, 0.1) is 17.1 Å². The average molecular weight is 286 g/mol. The summed E-state index contributed by atoms with van der Waals surface area (Å²) < 4.78 is 43.9. The molecular weight excluding hydrogens is 275 g/mol. The van der Waals surface area contributed by atoms with E-state index in [4.69, 9.17) is 10.3 Å². The number of anilines is 1. The van der Waals surface area contributed by atoms with Gasteiger partial charge in [-0.05, 0) is 25.1 Å². The van der Waals surface area contributed by atoms with Crippen LogP contribution in [0.3, 0.4) is 0 Å². The van der Waals surface area contributed by atoms with Crippen LogP contribution in [-0.4, -0.2) is 18.6 Å². The number of hydrogen-bond acceptors (Lipinski definition) is 6. The average Bonchev–Trinajstić information content (AvgIpc) is 2.76. The summed E-state index contributed by atoms with van der Waals surface area (Å²) in [5, 5.41) is 3.52. The Bertz CT molecular complexity index is 699. The highest BCUT2D eigenvalue weighted by Gasteiger charge is 2.17. The number of nitrogens with two attached hydrogens (primary N) is 1. The molecule has 19 heavy (non-hydrogen) atoms. The minimum Gasteiger partial charge on any atom is -0.396 e. The van der Waals surface area contributed by atoms with Crippen molar-refractivity contribution < 1.29 is 17.3 Å². The summed E-state index contributed by atoms with van der Waals surface area (Å²) in [5.41, 5.74) is 5.16. The molecule has 0 aliphatic carbocycles. The van der Waals surface area contributed by atoms with Gasteiger partial charge in [0.2, 0.25) is 15.9 Å². The van der Waals surface area contributed by atoms with Crippen LogP contribution in [0.25, 0.3) is 0 Å². The lowest BCUT2D eigenvalue weighted by Gasteiger charge is -2.05. The van der Waals surface area contributed by atoms with Crippen molar-refractivity contribution >= 4 is 15.7 Å². The van der Waals surface area contributed by atoms with E-state index in [2.05, 4.69) is 14.9 Å². The molecule has 0 radical (unpaired) electrons. The number of halogens is 1. The third-order valence-electron chi connectivity index (χ3n) is 2.27. The van der Waals surface area contributed by atoms with Crippen molar-refractivity contribution in [1.82, 2.24) is 14.9 Å². The molecular formula is C10H11FN4O3S. The van der Waals surface area contributed by atoms with E-state index in [1.165, 1.54) is 12.1 Å². The highest BCUT2D eigenvalue weighted by molar-refractivity contribution is 7.89. The quantitative estimate of drug-likeness (QED) is 0.795. The van der Waals surface area contributed by atoms with Crippen molar-refractivity contribution in [3.63, 3.8) is 0 Å². The zero-order chi connectivity index (χ0) is 14.0. The Kier molecular flexibility index (Phi) is 3.49. The Morgan fingerprint density at radius 3 is 2.79 bits per heavy atom. The first-order chi connectivity index (χ1) is 8.88. The highest BCUT2D eigenvalue weighted by atomic mass is 32.2. The fourth-order valence-corrected chi connectivity index (χ4v) is 2.31. The van der Waals surface area contributed by atoms with Gasteiger partial charge in [-0.25, -0.2) is 17.5 Å². The number of sulfonamides is 1. The standard InChI is InChI=1S/C10H11FN4O3S/c1-6-14-10(18-15-6)5-13-19(16,17)7-2-3-9(12)8(11)4-7/h2-4,13H,5,12H2,1H3. The van der Waals surface area contributed by atoms with Crippen LogP contribution in [0.1, 0.15) is 11.7 Å². The van der Waals surface area contributed by atoms with Crippen molar-refractivity contribution in [2.45, 2.75) is 18.4 Å². The molecule has 2 rings (SSSR count). The molecule has 1 aromatic carbocycles. The normalized spacial score (nSPS) is 11.7. The molecule has 3 N–H and O–H groups in total. The maximum absolute atomic E-state index is 13.2. The Hall–Kier alpha value is -2.00. The van der Waals surface area contributed by atoms with E-state index in [1.807, 2.05) is 0 Å². The van der Waals surface area contributed by atoms with Crippen molar-refractivity contribution in [3.8, 4) is 0 Å². The number of nitrogen functional groups attached to an aromatic ring is 1. The first kappa shape index (κ1) is 13.4. The van der Waals surface area contributed by atoms with E-state index in [0.717, 1.165) is 6.07 Å². The zero-order valence-corrected chi connectivity index (χ0v) is 10.7. The van der Waals surface area contributed by atoms with Crippen LogP contribution in [0, 0.1) is 12.7 Å². The summed E-state index contributed by atoms with van der Waals surface area (Å²) >= 11 is 0. The monoisotopic (exact) mass is 286 g/mol. The smallest absolute Gasteiger partial charge is 0.241 e. The largest absolute Gasteiger partial charge is 0.396 e. The van der Waals surface area contributed by atoms with Gasteiger partial charge < -0.3 is 10.3 Å². The topological polar surface area (TPSA) is 111 Å². The summed E-state index contributed by atoms with van der Waals surface area (Å²) in [6.45, 7) is 1.44.